The minimum atomic E-state index is -0.991. The van der Waals surface area contributed by atoms with Crippen molar-refractivity contribution in [1.29, 1.82) is 0 Å². The van der Waals surface area contributed by atoms with Crippen molar-refractivity contribution in [2.45, 2.75) is 33.4 Å². The van der Waals surface area contributed by atoms with Crippen LogP contribution in [0.1, 0.15) is 25.0 Å². The fourth-order valence-corrected chi connectivity index (χ4v) is 2.75. The molecular weight excluding hydrogens is 267 g/mol. The van der Waals surface area contributed by atoms with Crippen molar-refractivity contribution in [1.82, 2.24) is 0 Å². The molecule has 2 nitrogen and oxygen atoms in total. The number of hydrogen-bond donors (Lipinski definition) is 0. The van der Waals surface area contributed by atoms with Gasteiger partial charge in [-0.1, -0.05) is 49.2 Å². The van der Waals surface area contributed by atoms with E-state index in [0.717, 1.165) is 11.5 Å². The summed E-state index contributed by atoms with van der Waals surface area (Å²) in [7, 11) is -0.991. The summed E-state index contributed by atoms with van der Waals surface area (Å²) in [5, 5.41) is 0. The summed E-state index contributed by atoms with van der Waals surface area (Å²) in [4.78, 5) is 0. The maximum atomic E-state index is 6.01. The van der Waals surface area contributed by atoms with Gasteiger partial charge in [0, 0.05) is 5.66 Å². The average Bonchev–Trinajstić information content (AvgIpc) is 2.42. The van der Waals surface area contributed by atoms with Crippen LogP contribution in [0, 0.1) is 13.8 Å². The number of benzene rings is 2. The van der Waals surface area contributed by atoms with Crippen LogP contribution >= 0.6 is 8.38 Å². The molecule has 0 fully saturated rings. The number of hydrogen-bond acceptors (Lipinski definition) is 2. The van der Waals surface area contributed by atoms with Crippen molar-refractivity contribution in [3.8, 4) is 11.5 Å². The van der Waals surface area contributed by atoms with Gasteiger partial charge in [-0.3, -0.25) is 0 Å². The highest BCUT2D eigenvalue weighted by atomic mass is 31.2. The molecule has 0 bridgehead atoms. The first-order chi connectivity index (χ1) is 9.54. The van der Waals surface area contributed by atoms with Gasteiger partial charge in [-0.15, -0.1) is 0 Å². The molecule has 0 N–H and O–H groups in total. The van der Waals surface area contributed by atoms with Gasteiger partial charge < -0.3 is 9.05 Å². The Morgan fingerprint density at radius 3 is 1.35 bits per heavy atom. The lowest BCUT2D eigenvalue weighted by atomic mass is 10.2. The number of rotatable bonds is 5. The third-order valence-corrected chi connectivity index (χ3v) is 4.48. The zero-order valence-corrected chi connectivity index (χ0v) is 13.4. The zero-order valence-electron chi connectivity index (χ0n) is 12.5. The summed E-state index contributed by atoms with van der Waals surface area (Å²) < 4.78 is 12.0. The lowest BCUT2D eigenvalue weighted by Gasteiger charge is -2.21. The smallest absolute Gasteiger partial charge is 0.293 e. The quantitative estimate of drug-likeness (QED) is 0.678. The Morgan fingerprint density at radius 2 is 1.05 bits per heavy atom. The van der Waals surface area contributed by atoms with Crippen LogP contribution in [0.5, 0.6) is 11.5 Å². The van der Waals surface area contributed by atoms with Gasteiger partial charge in [0.2, 0.25) is 0 Å². The van der Waals surface area contributed by atoms with Crippen LogP contribution in [0.25, 0.3) is 0 Å². The molecule has 0 saturated carbocycles. The molecule has 2 aromatic rings. The van der Waals surface area contributed by atoms with Crippen molar-refractivity contribution in [3.05, 3.63) is 59.7 Å². The molecule has 0 unspecified atom stereocenters. The van der Waals surface area contributed by atoms with Gasteiger partial charge in [-0.05, 0) is 38.1 Å². The highest BCUT2D eigenvalue weighted by Gasteiger charge is 2.19. The molecule has 0 saturated heterocycles. The van der Waals surface area contributed by atoms with Gasteiger partial charge in [-0.2, -0.15) is 0 Å². The third-order valence-electron chi connectivity index (χ3n) is 2.85. The van der Waals surface area contributed by atoms with Gasteiger partial charge in [0.05, 0.1) is 0 Å². The highest BCUT2D eigenvalue weighted by molar-refractivity contribution is 7.48. The Balaban J connectivity index is 2.07. The molecule has 0 atom stereocenters. The topological polar surface area (TPSA) is 18.5 Å². The molecule has 0 spiro atoms. The Hall–Kier alpha value is -1.53. The molecule has 20 heavy (non-hydrogen) atoms. The van der Waals surface area contributed by atoms with Crippen LogP contribution in [0.4, 0.5) is 0 Å². The first-order valence-electron chi connectivity index (χ1n) is 6.83. The van der Waals surface area contributed by atoms with E-state index in [1.165, 1.54) is 11.1 Å². The van der Waals surface area contributed by atoms with E-state index in [4.69, 9.17) is 9.05 Å². The third kappa shape index (κ3) is 4.25. The van der Waals surface area contributed by atoms with E-state index < -0.39 is 8.38 Å². The minimum absolute atomic E-state index is 0.326. The number of aryl methyl sites for hydroxylation is 2. The lowest BCUT2D eigenvalue weighted by Crippen LogP contribution is -2.05. The Kier molecular flexibility index (Phi) is 5.03. The first kappa shape index (κ1) is 14.9. The summed E-state index contributed by atoms with van der Waals surface area (Å²) in [5.74, 6) is 1.73. The Bertz CT molecular complexity index is 484. The monoisotopic (exact) mass is 288 g/mol. The van der Waals surface area contributed by atoms with Gasteiger partial charge in [0.15, 0.2) is 0 Å². The molecule has 0 amide bonds. The van der Waals surface area contributed by atoms with Crippen molar-refractivity contribution >= 4 is 8.38 Å². The standard InChI is InChI=1S/C17H21O2P/c1-13(2)20(18-16-9-5-14(3)6-10-16)19-17-11-7-15(4)8-12-17/h5-13H,1-4H3. The fraction of sp³-hybridized carbons (Fsp3) is 0.294. The van der Waals surface area contributed by atoms with Crippen LogP contribution in [0.15, 0.2) is 48.5 Å². The molecule has 2 rings (SSSR count). The lowest BCUT2D eigenvalue weighted by molar-refractivity contribution is 0.479. The predicted molar refractivity (Wildman–Crippen MR) is 85.7 cm³/mol. The maximum absolute atomic E-state index is 6.01. The molecule has 106 valence electrons. The van der Waals surface area contributed by atoms with Crippen LogP contribution in [0.3, 0.4) is 0 Å². The van der Waals surface area contributed by atoms with Gasteiger partial charge in [0.1, 0.15) is 11.5 Å². The second-order valence-corrected chi connectivity index (χ2v) is 7.16. The largest absolute Gasteiger partial charge is 0.438 e. The molecule has 0 heterocycles. The van der Waals surface area contributed by atoms with E-state index in [1.54, 1.807) is 0 Å². The molecule has 0 aliphatic rings. The van der Waals surface area contributed by atoms with Crippen molar-refractivity contribution in [2.24, 2.45) is 0 Å². The van der Waals surface area contributed by atoms with E-state index in [-0.39, 0.29) is 0 Å². The van der Waals surface area contributed by atoms with Crippen molar-refractivity contribution < 1.29 is 9.05 Å². The van der Waals surface area contributed by atoms with Crippen LogP contribution < -0.4 is 9.05 Å². The summed E-state index contributed by atoms with van der Waals surface area (Å²) >= 11 is 0. The molecule has 0 aliphatic carbocycles. The molecule has 2 aromatic carbocycles. The van der Waals surface area contributed by atoms with Crippen LogP contribution in [-0.4, -0.2) is 5.66 Å². The zero-order chi connectivity index (χ0) is 14.5. The van der Waals surface area contributed by atoms with Crippen LogP contribution in [0.2, 0.25) is 0 Å². The first-order valence-corrected chi connectivity index (χ1v) is 8.08. The van der Waals surface area contributed by atoms with E-state index >= 15 is 0 Å². The maximum Gasteiger partial charge on any atom is 0.293 e. The molecule has 0 radical (unpaired) electrons. The van der Waals surface area contributed by atoms with E-state index in [0.29, 0.717) is 5.66 Å². The summed E-state index contributed by atoms with van der Waals surface area (Å²) in [6, 6.07) is 16.2. The minimum Gasteiger partial charge on any atom is -0.438 e. The van der Waals surface area contributed by atoms with E-state index in [9.17, 15) is 0 Å². The summed E-state index contributed by atoms with van der Waals surface area (Å²) in [5.41, 5.74) is 2.78. The molecular formula is C17H21O2P. The summed E-state index contributed by atoms with van der Waals surface area (Å²) in [6.07, 6.45) is 0. The van der Waals surface area contributed by atoms with E-state index in [1.807, 2.05) is 24.3 Å². The molecule has 0 aromatic heterocycles. The SMILES string of the molecule is Cc1ccc(OP(Oc2ccc(C)cc2)C(C)C)cc1. The highest BCUT2D eigenvalue weighted by Crippen LogP contribution is 2.44. The summed E-state index contributed by atoms with van der Waals surface area (Å²) in [6.45, 7) is 8.37. The average molecular weight is 288 g/mol. The van der Waals surface area contributed by atoms with Gasteiger partial charge in [0.25, 0.3) is 8.38 Å². The molecule has 0 aliphatic heterocycles. The molecule has 3 heteroatoms. The Morgan fingerprint density at radius 1 is 0.700 bits per heavy atom. The van der Waals surface area contributed by atoms with Gasteiger partial charge in [-0.25, -0.2) is 0 Å². The normalized spacial score (nSPS) is 10.9. The van der Waals surface area contributed by atoms with Crippen LogP contribution in [-0.2, 0) is 0 Å². The van der Waals surface area contributed by atoms with Crippen molar-refractivity contribution in [3.63, 3.8) is 0 Å². The second kappa shape index (κ2) is 6.76. The second-order valence-electron chi connectivity index (χ2n) is 5.19. The predicted octanol–water partition coefficient (Wildman–Crippen LogP) is 5.48. The van der Waals surface area contributed by atoms with Crippen molar-refractivity contribution in [2.75, 3.05) is 0 Å². The Labute approximate surface area is 122 Å². The van der Waals surface area contributed by atoms with Gasteiger partial charge >= 0.3 is 0 Å². The van der Waals surface area contributed by atoms with E-state index in [2.05, 4.69) is 52.0 Å². The fourth-order valence-electron chi connectivity index (χ4n) is 1.64.